The maximum absolute atomic E-state index is 6.46. The second kappa shape index (κ2) is 4.95. The molecule has 104 valence electrons. The zero-order valence-corrected chi connectivity index (χ0v) is 17.0. The summed E-state index contributed by atoms with van der Waals surface area (Å²) < 4.78 is 6.46. The fourth-order valence-electron chi connectivity index (χ4n) is 2.40. The van der Waals surface area contributed by atoms with Crippen LogP contribution in [0.25, 0.3) is 0 Å². The maximum atomic E-state index is 6.46. The lowest BCUT2D eigenvalue weighted by molar-refractivity contribution is 0.119. The van der Waals surface area contributed by atoms with Gasteiger partial charge in [-0.05, 0) is 39.0 Å². The Bertz CT molecular complexity index is 259. The Balaban J connectivity index is 5.10. The van der Waals surface area contributed by atoms with Crippen molar-refractivity contribution in [3.8, 4) is 0 Å². The highest BCUT2D eigenvalue weighted by Crippen LogP contribution is 2.39. The van der Waals surface area contributed by atoms with Crippen molar-refractivity contribution < 1.29 is 4.43 Å². The van der Waals surface area contributed by atoms with Gasteiger partial charge in [0.15, 0.2) is 8.32 Å². The van der Waals surface area contributed by atoms with Crippen LogP contribution in [0.1, 0.15) is 27.7 Å². The first-order valence-corrected chi connectivity index (χ1v) is 17.4. The molecule has 0 amide bonds. The molecule has 0 heterocycles. The molecule has 0 fully saturated rings. The first-order chi connectivity index (χ1) is 7.11. The van der Waals surface area contributed by atoms with Gasteiger partial charge in [0.2, 0.25) is 0 Å². The Kier molecular flexibility index (Phi) is 5.12. The van der Waals surface area contributed by atoms with Crippen LogP contribution in [0.15, 0.2) is 0 Å². The summed E-state index contributed by atoms with van der Waals surface area (Å²) in [7, 11) is -3.80. The molecule has 1 unspecified atom stereocenters. The summed E-state index contributed by atoms with van der Waals surface area (Å²) in [5.74, 6) is 0. The lowest BCUT2D eigenvalue weighted by Gasteiger charge is -2.48. The van der Waals surface area contributed by atoms with Gasteiger partial charge in [0, 0.05) is 20.8 Å². The van der Waals surface area contributed by atoms with E-state index in [-0.39, 0.29) is 5.60 Å². The summed E-state index contributed by atoms with van der Waals surface area (Å²) in [5, 5.41) is 0.820. The highest BCUT2D eigenvalue weighted by atomic mass is 29.3. The van der Waals surface area contributed by atoms with Crippen molar-refractivity contribution >= 4 is 23.5 Å². The SMILES string of the molecule is CC([Si](C)(C)OC(C)(C)C)[Si](C)(C)[Si](C)(C)C. The van der Waals surface area contributed by atoms with E-state index in [0.29, 0.717) is 0 Å². The van der Waals surface area contributed by atoms with Gasteiger partial charge < -0.3 is 4.43 Å². The minimum atomic E-state index is -1.59. The van der Waals surface area contributed by atoms with Crippen LogP contribution in [0.2, 0.25) is 51.0 Å². The summed E-state index contributed by atoms with van der Waals surface area (Å²) in [6, 6.07) is 0. The van der Waals surface area contributed by atoms with Crippen molar-refractivity contribution in [1.82, 2.24) is 0 Å². The van der Waals surface area contributed by atoms with Crippen LogP contribution in [0.4, 0.5) is 0 Å². The molecule has 0 aliphatic carbocycles. The summed E-state index contributed by atoms with van der Waals surface area (Å²) in [5.41, 5.74) is 0.00784. The van der Waals surface area contributed by atoms with E-state index in [1.165, 1.54) is 0 Å². The van der Waals surface area contributed by atoms with Crippen molar-refractivity contribution in [2.45, 2.75) is 84.3 Å². The lowest BCUT2D eigenvalue weighted by Crippen LogP contribution is -2.62. The fraction of sp³-hybridized carbons (Fsp3) is 1.00. The molecule has 1 nitrogen and oxygen atoms in total. The van der Waals surface area contributed by atoms with Crippen LogP contribution in [0.3, 0.4) is 0 Å². The minimum Gasteiger partial charge on any atom is -0.413 e. The van der Waals surface area contributed by atoms with Crippen LogP contribution in [0, 0.1) is 0 Å². The maximum Gasteiger partial charge on any atom is 0.187 e. The summed E-state index contributed by atoms with van der Waals surface area (Å²) >= 11 is 0. The van der Waals surface area contributed by atoms with Gasteiger partial charge in [-0.3, -0.25) is 0 Å². The van der Waals surface area contributed by atoms with Crippen molar-refractivity contribution in [2.75, 3.05) is 0 Å². The summed E-state index contributed by atoms with van der Waals surface area (Å²) in [6.07, 6.45) is 0. The molecule has 1 atom stereocenters. The van der Waals surface area contributed by atoms with Crippen LogP contribution in [-0.2, 0) is 4.43 Å². The average Bonchev–Trinajstić information content (AvgIpc) is 1.95. The second-order valence-electron chi connectivity index (χ2n) is 8.51. The highest BCUT2D eigenvalue weighted by Gasteiger charge is 2.49. The highest BCUT2D eigenvalue weighted by molar-refractivity contribution is 7.43. The van der Waals surface area contributed by atoms with Gasteiger partial charge in [0.25, 0.3) is 0 Å². The van der Waals surface area contributed by atoms with Crippen LogP contribution in [-0.4, -0.2) is 29.1 Å². The van der Waals surface area contributed by atoms with E-state index in [0.717, 1.165) is 5.16 Å². The van der Waals surface area contributed by atoms with Crippen LogP contribution in [0.5, 0.6) is 0 Å². The molecule has 0 aromatic carbocycles. The zero-order chi connectivity index (χ0) is 14.3. The summed E-state index contributed by atoms with van der Waals surface area (Å²) in [4.78, 5) is 0. The van der Waals surface area contributed by atoms with Gasteiger partial charge >= 0.3 is 0 Å². The van der Waals surface area contributed by atoms with E-state index in [9.17, 15) is 0 Å². The van der Waals surface area contributed by atoms with E-state index in [1.807, 2.05) is 0 Å². The molecule has 0 rings (SSSR count). The van der Waals surface area contributed by atoms with Gasteiger partial charge in [0.1, 0.15) is 0 Å². The molecule has 0 spiro atoms. The predicted molar refractivity (Wildman–Crippen MR) is 88.6 cm³/mol. The van der Waals surface area contributed by atoms with Gasteiger partial charge in [0.05, 0.1) is 0 Å². The molecule has 0 aromatic rings. The third kappa shape index (κ3) is 4.65. The molecule has 0 radical (unpaired) electrons. The van der Waals surface area contributed by atoms with Gasteiger partial charge in [-0.1, -0.05) is 39.7 Å². The fourth-order valence-corrected chi connectivity index (χ4v) is 23.5. The van der Waals surface area contributed by atoms with Gasteiger partial charge in [-0.2, -0.15) is 0 Å². The Morgan fingerprint density at radius 2 is 1.18 bits per heavy atom. The van der Waals surface area contributed by atoms with Crippen LogP contribution >= 0.6 is 0 Å². The molecular weight excluding hydrogens is 256 g/mol. The lowest BCUT2D eigenvalue weighted by atomic mass is 10.2. The van der Waals surface area contributed by atoms with Gasteiger partial charge in [-0.15, -0.1) is 0 Å². The number of hydrogen-bond donors (Lipinski definition) is 0. The number of hydrogen-bond acceptors (Lipinski definition) is 1. The van der Waals surface area contributed by atoms with E-state index < -0.39 is 23.5 Å². The van der Waals surface area contributed by atoms with E-state index in [4.69, 9.17) is 4.43 Å². The molecule has 0 saturated carbocycles. The third-order valence-corrected chi connectivity index (χ3v) is 31.9. The molecule has 17 heavy (non-hydrogen) atoms. The van der Waals surface area contributed by atoms with E-state index in [2.05, 4.69) is 73.5 Å². The monoisotopic (exact) mass is 290 g/mol. The minimum absolute atomic E-state index is 0.00784. The Labute approximate surface area is 112 Å². The molecule has 0 aromatic heterocycles. The molecule has 4 heteroatoms. The molecule has 0 N–H and O–H groups in total. The normalized spacial score (nSPS) is 17.1. The van der Waals surface area contributed by atoms with Crippen molar-refractivity contribution in [1.29, 1.82) is 0 Å². The Hall–Kier alpha value is 0.611. The first kappa shape index (κ1) is 17.6. The number of rotatable bonds is 4. The Morgan fingerprint density at radius 1 is 0.824 bits per heavy atom. The molecule has 0 aliphatic rings. The largest absolute Gasteiger partial charge is 0.413 e. The smallest absolute Gasteiger partial charge is 0.187 e. The predicted octanol–water partition coefficient (Wildman–Crippen LogP) is 5.06. The quantitative estimate of drug-likeness (QED) is 0.658. The molecule has 0 bridgehead atoms. The molecule has 0 saturated heterocycles. The van der Waals surface area contributed by atoms with Crippen molar-refractivity contribution in [3.05, 3.63) is 0 Å². The first-order valence-electron chi connectivity index (χ1n) is 6.81. The van der Waals surface area contributed by atoms with Crippen molar-refractivity contribution in [3.63, 3.8) is 0 Å². The zero-order valence-electron chi connectivity index (χ0n) is 14.0. The van der Waals surface area contributed by atoms with Crippen LogP contribution < -0.4 is 0 Å². The Morgan fingerprint density at radius 3 is 1.41 bits per heavy atom. The van der Waals surface area contributed by atoms with Crippen molar-refractivity contribution in [2.24, 2.45) is 0 Å². The standard InChI is InChI=1S/C13H34OSi3/c1-12(17(10,11)15(5,6)7)16(8,9)14-13(2,3)4/h12H,1-11H3. The average molecular weight is 291 g/mol. The molecular formula is C13H34OSi3. The molecule has 0 aliphatic heterocycles. The van der Waals surface area contributed by atoms with Gasteiger partial charge in [-0.25, -0.2) is 0 Å². The topological polar surface area (TPSA) is 9.23 Å². The second-order valence-corrected chi connectivity index (χ2v) is 30.5. The third-order valence-electron chi connectivity index (χ3n) is 4.63. The van der Waals surface area contributed by atoms with E-state index >= 15 is 0 Å². The van der Waals surface area contributed by atoms with E-state index in [1.54, 1.807) is 0 Å². The summed E-state index contributed by atoms with van der Waals surface area (Å²) in [6.45, 7) is 26.7.